The molecule has 0 radical (unpaired) electrons. The van der Waals surface area contributed by atoms with Crippen molar-refractivity contribution in [3.8, 4) is 0 Å². The molecule has 0 amide bonds. The maximum atomic E-state index is 5.90. The smallest absolute Gasteiger partial charge is 0.138 e. The van der Waals surface area contributed by atoms with E-state index < -0.39 is 0 Å². The van der Waals surface area contributed by atoms with Gasteiger partial charge in [0, 0.05) is 31.2 Å². The van der Waals surface area contributed by atoms with Crippen molar-refractivity contribution in [1.29, 1.82) is 0 Å². The van der Waals surface area contributed by atoms with Gasteiger partial charge >= 0.3 is 0 Å². The van der Waals surface area contributed by atoms with E-state index in [-0.39, 0.29) is 0 Å². The van der Waals surface area contributed by atoms with E-state index >= 15 is 0 Å². The van der Waals surface area contributed by atoms with E-state index in [1.54, 1.807) is 0 Å². The van der Waals surface area contributed by atoms with Crippen LogP contribution in [-0.2, 0) is 6.54 Å². The molecule has 0 fully saturated rings. The Balaban J connectivity index is 2.58. The lowest BCUT2D eigenvalue weighted by atomic mass is 10.4. The second kappa shape index (κ2) is 5.90. The van der Waals surface area contributed by atoms with Crippen molar-refractivity contribution >= 4 is 23.1 Å². The van der Waals surface area contributed by atoms with E-state index in [0.29, 0.717) is 10.9 Å². The third-order valence-electron chi connectivity index (χ3n) is 1.66. The Kier molecular flexibility index (Phi) is 4.79. The molecule has 0 N–H and O–H groups in total. The Hall–Kier alpha value is -0.710. The average molecular weight is 230 g/mol. The molecule has 5 heteroatoms. The van der Waals surface area contributed by atoms with E-state index in [9.17, 15) is 0 Å². The molecule has 0 saturated heterocycles. The molecule has 0 atom stereocenters. The summed E-state index contributed by atoms with van der Waals surface area (Å²) in [6.45, 7) is 9.66. The molecule has 0 aliphatic carbocycles. The predicted octanol–water partition coefficient (Wildman–Crippen LogP) is 2.37. The van der Waals surface area contributed by atoms with Crippen molar-refractivity contribution in [3.05, 3.63) is 35.3 Å². The lowest BCUT2D eigenvalue weighted by Gasteiger charge is -2.16. The molecule has 1 heterocycles. The summed E-state index contributed by atoms with van der Waals surface area (Å²) < 4.78 is 4.43. The zero-order valence-electron chi connectivity index (χ0n) is 7.82. The normalized spacial score (nSPS) is 10.4. The van der Waals surface area contributed by atoms with Gasteiger partial charge in [-0.3, -0.25) is 4.90 Å². The van der Waals surface area contributed by atoms with E-state index in [1.807, 2.05) is 12.2 Å². The first-order valence-corrected chi connectivity index (χ1v) is 5.34. The topological polar surface area (TPSA) is 29.0 Å². The summed E-state index contributed by atoms with van der Waals surface area (Å²) in [5, 5.41) is 3.95. The van der Waals surface area contributed by atoms with Crippen molar-refractivity contribution in [2.75, 3.05) is 13.1 Å². The van der Waals surface area contributed by atoms with Gasteiger partial charge in [-0.2, -0.15) is 0 Å². The van der Waals surface area contributed by atoms with Crippen LogP contribution in [0.1, 0.15) is 5.69 Å². The van der Waals surface area contributed by atoms with Gasteiger partial charge in [0.25, 0.3) is 0 Å². The van der Waals surface area contributed by atoms with E-state index in [1.165, 1.54) is 11.5 Å². The molecule has 0 bridgehead atoms. The van der Waals surface area contributed by atoms with Crippen LogP contribution in [0.15, 0.2) is 25.3 Å². The van der Waals surface area contributed by atoms with Crippen LogP contribution in [-0.4, -0.2) is 27.6 Å². The highest BCUT2D eigenvalue weighted by Gasteiger charge is 2.09. The zero-order valence-corrected chi connectivity index (χ0v) is 9.39. The Labute approximate surface area is 92.9 Å². The van der Waals surface area contributed by atoms with Crippen molar-refractivity contribution < 1.29 is 0 Å². The molecule has 0 spiro atoms. The molecule has 0 aromatic carbocycles. The van der Waals surface area contributed by atoms with Crippen LogP contribution >= 0.6 is 23.1 Å². The maximum absolute atomic E-state index is 5.90. The highest BCUT2D eigenvalue weighted by Crippen LogP contribution is 2.18. The molecular weight excluding hydrogens is 218 g/mol. The van der Waals surface area contributed by atoms with Crippen LogP contribution in [0.3, 0.4) is 0 Å². The molecule has 14 heavy (non-hydrogen) atoms. The molecule has 0 unspecified atom stereocenters. The number of hydrogen-bond acceptors (Lipinski definition) is 4. The minimum absolute atomic E-state index is 0.656. The number of nitrogens with zero attached hydrogens (tertiary/aromatic N) is 3. The summed E-state index contributed by atoms with van der Waals surface area (Å²) in [5.74, 6) is 0. The van der Waals surface area contributed by atoms with Gasteiger partial charge in [-0.15, -0.1) is 18.3 Å². The Bertz CT molecular complexity index is 301. The average Bonchev–Trinajstić information content (AvgIpc) is 2.53. The molecular formula is C9H12ClN3S. The van der Waals surface area contributed by atoms with Gasteiger partial charge in [0.05, 0.1) is 0 Å². The van der Waals surface area contributed by atoms with Crippen molar-refractivity contribution in [2.24, 2.45) is 0 Å². The first-order chi connectivity index (χ1) is 6.77. The predicted molar refractivity (Wildman–Crippen MR) is 60.6 cm³/mol. The van der Waals surface area contributed by atoms with Gasteiger partial charge in [0.2, 0.25) is 0 Å². The number of rotatable bonds is 6. The van der Waals surface area contributed by atoms with Gasteiger partial charge in [-0.1, -0.05) is 28.2 Å². The van der Waals surface area contributed by atoms with Crippen LogP contribution in [0.25, 0.3) is 0 Å². The summed E-state index contributed by atoms with van der Waals surface area (Å²) >= 11 is 7.11. The SMILES string of the molecule is C=CCN(CC=C)Cc1nnsc1Cl. The zero-order chi connectivity index (χ0) is 10.4. The van der Waals surface area contributed by atoms with Crippen LogP contribution in [0.2, 0.25) is 4.34 Å². The van der Waals surface area contributed by atoms with Gasteiger partial charge in [0.1, 0.15) is 10.0 Å². The molecule has 0 aliphatic heterocycles. The van der Waals surface area contributed by atoms with Crippen molar-refractivity contribution in [1.82, 2.24) is 14.5 Å². The summed E-state index contributed by atoms with van der Waals surface area (Å²) in [4.78, 5) is 2.13. The standard InChI is InChI=1S/C9H12ClN3S/c1-3-5-13(6-4-2)7-8-9(10)14-12-11-8/h3-4H,1-2,5-7H2. The van der Waals surface area contributed by atoms with Crippen LogP contribution in [0, 0.1) is 0 Å². The van der Waals surface area contributed by atoms with E-state index in [2.05, 4.69) is 27.6 Å². The molecule has 0 saturated carbocycles. The fraction of sp³-hybridized carbons (Fsp3) is 0.333. The van der Waals surface area contributed by atoms with E-state index in [0.717, 1.165) is 18.8 Å². The van der Waals surface area contributed by atoms with Gasteiger partial charge in [-0.05, 0) is 0 Å². The largest absolute Gasteiger partial charge is 0.290 e. The Morgan fingerprint density at radius 3 is 2.43 bits per heavy atom. The van der Waals surface area contributed by atoms with Gasteiger partial charge < -0.3 is 0 Å². The summed E-state index contributed by atoms with van der Waals surface area (Å²) in [6.07, 6.45) is 3.69. The lowest BCUT2D eigenvalue weighted by molar-refractivity contribution is 0.323. The first-order valence-electron chi connectivity index (χ1n) is 4.18. The van der Waals surface area contributed by atoms with Crippen LogP contribution in [0.5, 0.6) is 0 Å². The van der Waals surface area contributed by atoms with Gasteiger partial charge in [-0.25, -0.2) is 0 Å². The quantitative estimate of drug-likeness (QED) is 0.702. The minimum Gasteiger partial charge on any atom is -0.290 e. The number of hydrogen-bond donors (Lipinski definition) is 0. The highest BCUT2D eigenvalue weighted by atomic mass is 35.5. The summed E-state index contributed by atoms with van der Waals surface area (Å²) in [6, 6.07) is 0. The van der Waals surface area contributed by atoms with Crippen molar-refractivity contribution in [3.63, 3.8) is 0 Å². The maximum Gasteiger partial charge on any atom is 0.138 e. The monoisotopic (exact) mass is 229 g/mol. The van der Waals surface area contributed by atoms with Crippen LogP contribution in [0.4, 0.5) is 0 Å². The molecule has 0 aliphatic rings. The molecule has 1 aromatic heterocycles. The highest BCUT2D eigenvalue weighted by molar-refractivity contribution is 7.10. The Morgan fingerprint density at radius 2 is 2.00 bits per heavy atom. The van der Waals surface area contributed by atoms with Crippen molar-refractivity contribution in [2.45, 2.75) is 6.54 Å². The number of aromatic nitrogens is 2. The third-order valence-corrected chi connectivity index (χ3v) is 2.64. The van der Waals surface area contributed by atoms with E-state index in [4.69, 9.17) is 11.6 Å². The third kappa shape index (κ3) is 3.21. The fourth-order valence-corrected chi connectivity index (χ4v) is 1.68. The molecule has 1 rings (SSSR count). The minimum atomic E-state index is 0.656. The molecule has 1 aromatic rings. The lowest BCUT2D eigenvalue weighted by Crippen LogP contribution is -2.23. The fourth-order valence-electron chi connectivity index (χ4n) is 1.07. The number of halogens is 1. The first kappa shape index (κ1) is 11.4. The molecule has 76 valence electrons. The Morgan fingerprint density at radius 1 is 1.36 bits per heavy atom. The summed E-state index contributed by atoms with van der Waals surface area (Å²) in [5.41, 5.74) is 0.820. The molecule has 3 nitrogen and oxygen atoms in total. The second-order valence-corrected chi connectivity index (χ2v) is 4.12. The summed E-state index contributed by atoms with van der Waals surface area (Å²) in [7, 11) is 0. The van der Waals surface area contributed by atoms with Crippen LogP contribution < -0.4 is 0 Å². The second-order valence-electron chi connectivity index (χ2n) is 2.76. The van der Waals surface area contributed by atoms with Gasteiger partial charge in [0.15, 0.2) is 0 Å².